The van der Waals surface area contributed by atoms with E-state index in [0.29, 0.717) is 0 Å². The number of nitrogens with zero attached hydrogens (tertiary/aromatic N) is 1. The summed E-state index contributed by atoms with van der Waals surface area (Å²) in [5.41, 5.74) is 1.09. The highest BCUT2D eigenvalue weighted by Crippen LogP contribution is 2.28. The fraction of sp³-hybridized carbons (Fsp3) is 0.667. The molecule has 0 spiro atoms. The van der Waals surface area contributed by atoms with Crippen molar-refractivity contribution in [3.8, 4) is 0 Å². The van der Waals surface area contributed by atoms with Gasteiger partial charge in [0.2, 0.25) is 0 Å². The Labute approximate surface area is 167 Å². The fourth-order valence-corrected chi connectivity index (χ4v) is 4.17. The lowest BCUT2D eigenvalue weighted by atomic mass is 10.1. The Balaban J connectivity index is 1.68. The lowest BCUT2D eigenvalue weighted by molar-refractivity contribution is -0.136. The van der Waals surface area contributed by atoms with Crippen molar-refractivity contribution in [2.75, 3.05) is 44.7 Å². The third-order valence-corrected chi connectivity index (χ3v) is 6.08. The molecule has 152 valence electrons. The number of aliphatic carboxylic acids is 1. The Morgan fingerprint density at radius 3 is 2.59 bits per heavy atom. The largest absolute Gasteiger partial charge is 0.480 e. The molecule has 0 saturated carbocycles. The zero-order valence-electron chi connectivity index (χ0n) is 16.5. The minimum Gasteiger partial charge on any atom is -0.480 e. The molecule has 2 N–H and O–H groups in total. The van der Waals surface area contributed by atoms with E-state index >= 15 is 0 Å². The van der Waals surface area contributed by atoms with Gasteiger partial charge in [-0.25, -0.2) is 0 Å². The molecule has 0 aliphatic carbocycles. The lowest BCUT2D eigenvalue weighted by Gasteiger charge is -2.26. The van der Waals surface area contributed by atoms with Gasteiger partial charge in [-0.05, 0) is 43.7 Å². The van der Waals surface area contributed by atoms with Gasteiger partial charge in [-0.2, -0.15) is 0 Å². The van der Waals surface area contributed by atoms with Crippen molar-refractivity contribution in [2.45, 2.75) is 55.6 Å². The van der Waals surface area contributed by atoms with Crippen molar-refractivity contribution in [1.29, 1.82) is 0 Å². The van der Waals surface area contributed by atoms with Crippen molar-refractivity contribution < 1.29 is 14.6 Å². The number of morpholine rings is 1. The minimum atomic E-state index is -0.707. The summed E-state index contributed by atoms with van der Waals surface area (Å²) < 4.78 is 5.37. The van der Waals surface area contributed by atoms with Gasteiger partial charge in [-0.3, -0.25) is 9.69 Å². The van der Waals surface area contributed by atoms with Crippen LogP contribution in [0.2, 0.25) is 0 Å². The summed E-state index contributed by atoms with van der Waals surface area (Å²) in [6, 6.07) is 8.15. The van der Waals surface area contributed by atoms with E-state index < -0.39 is 5.97 Å². The zero-order valence-corrected chi connectivity index (χ0v) is 17.3. The van der Waals surface area contributed by atoms with Crippen LogP contribution in [0.1, 0.15) is 45.4 Å². The highest BCUT2D eigenvalue weighted by Gasteiger charge is 2.18. The first-order chi connectivity index (χ1) is 13.2. The molecule has 1 aliphatic heterocycles. The standard InChI is InChI=1S/C21H34N2O3S/c1-2-3-4-5-7-20(21(24)25)27-19-10-8-18(9-11-19)22-12-6-13-23-14-16-26-17-15-23/h8-11,20,22H,2-7,12-17H2,1H3,(H,24,25). The average Bonchev–Trinajstić information content (AvgIpc) is 2.69. The predicted molar refractivity (Wildman–Crippen MR) is 113 cm³/mol. The Bertz CT molecular complexity index is 533. The number of nitrogens with one attached hydrogen (secondary N) is 1. The Hall–Kier alpha value is -1.24. The smallest absolute Gasteiger partial charge is 0.316 e. The minimum absolute atomic E-state index is 0.353. The van der Waals surface area contributed by atoms with E-state index in [-0.39, 0.29) is 5.25 Å². The van der Waals surface area contributed by atoms with E-state index in [1.807, 2.05) is 24.3 Å². The summed E-state index contributed by atoms with van der Waals surface area (Å²) in [6.07, 6.45) is 6.31. The Morgan fingerprint density at radius 2 is 1.93 bits per heavy atom. The van der Waals surface area contributed by atoms with Gasteiger partial charge in [0.25, 0.3) is 0 Å². The molecule has 0 radical (unpaired) electrons. The number of rotatable bonds is 13. The van der Waals surface area contributed by atoms with Crippen LogP contribution in [-0.4, -0.2) is 60.6 Å². The second kappa shape index (κ2) is 13.0. The molecule has 1 heterocycles. The molecule has 1 unspecified atom stereocenters. The summed E-state index contributed by atoms with van der Waals surface area (Å²) in [5.74, 6) is -0.707. The van der Waals surface area contributed by atoms with Crippen molar-refractivity contribution in [1.82, 2.24) is 4.90 Å². The number of carboxylic acid groups (broad SMARTS) is 1. The van der Waals surface area contributed by atoms with Gasteiger partial charge in [0.1, 0.15) is 5.25 Å². The van der Waals surface area contributed by atoms with Crippen LogP contribution in [0.15, 0.2) is 29.2 Å². The summed E-state index contributed by atoms with van der Waals surface area (Å²) in [5, 5.41) is 12.6. The van der Waals surface area contributed by atoms with Crippen LogP contribution in [0.4, 0.5) is 5.69 Å². The monoisotopic (exact) mass is 394 g/mol. The number of anilines is 1. The van der Waals surface area contributed by atoms with Gasteiger partial charge in [0.05, 0.1) is 13.2 Å². The van der Waals surface area contributed by atoms with Gasteiger partial charge in [0.15, 0.2) is 0 Å². The Kier molecular flexibility index (Phi) is 10.6. The van der Waals surface area contributed by atoms with E-state index in [1.165, 1.54) is 24.6 Å². The van der Waals surface area contributed by atoms with Crippen LogP contribution >= 0.6 is 11.8 Å². The molecule has 0 aromatic heterocycles. The maximum atomic E-state index is 11.5. The molecule has 1 aliphatic rings. The van der Waals surface area contributed by atoms with E-state index in [1.54, 1.807) is 0 Å². The number of carbonyl (C=O) groups is 1. The number of hydrogen-bond donors (Lipinski definition) is 2. The third kappa shape index (κ3) is 9.00. The number of benzene rings is 1. The average molecular weight is 395 g/mol. The second-order valence-electron chi connectivity index (χ2n) is 7.05. The molecule has 6 heteroatoms. The van der Waals surface area contributed by atoms with Crippen LogP contribution < -0.4 is 5.32 Å². The van der Waals surface area contributed by atoms with Crippen LogP contribution in [0.25, 0.3) is 0 Å². The van der Waals surface area contributed by atoms with Gasteiger partial charge in [-0.15, -0.1) is 11.8 Å². The fourth-order valence-electron chi connectivity index (χ4n) is 3.17. The van der Waals surface area contributed by atoms with Crippen LogP contribution in [0, 0.1) is 0 Å². The summed E-state index contributed by atoms with van der Waals surface area (Å²) in [4.78, 5) is 15.0. The molecule has 1 aromatic carbocycles. The summed E-state index contributed by atoms with van der Waals surface area (Å²) in [6.45, 7) is 7.98. The first kappa shape index (κ1) is 22.1. The first-order valence-corrected chi connectivity index (χ1v) is 11.1. The summed E-state index contributed by atoms with van der Waals surface area (Å²) in [7, 11) is 0. The lowest BCUT2D eigenvalue weighted by Crippen LogP contribution is -2.37. The molecular weight excluding hydrogens is 360 g/mol. The molecular formula is C21H34N2O3S. The van der Waals surface area contributed by atoms with Crippen LogP contribution in [0.5, 0.6) is 0 Å². The number of unbranched alkanes of at least 4 members (excludes halogenated alkanes) is 3. The topological polar surface area (TPSA) is 61.8 Å². The molecule has 0 bridgehead atoms. The van der Waals surface area contributed by atoms with Crippen molar-refractivity contribution in [2.24, 2.45) is 0 Å². The van der Waals surface area contributed by atoms with E-state index in [4.69, 9.17) is 4.74 Å². The van der Waals surface area contributed by atoms with Gasteiger partial charge < -0.3 is 15.2 Å². The normalized spacial score (nSPS) is 16.2. The predicted octanol–water partition coefficient (Wildman–Crippen LogP) is 4.34. The SMILES string of the molecule is CCCCCCC(Sc1ccc(NCCCN2CCOCC2)cc1)C(=O)O. The maximum Gasteiger partial charge on any atom is 0.316 e. The molecule has 5 nitrogen and oxygen atoms in total. The molecule has 0 amide bonds. The van der Waals surface area contributed by atoms with Gasteiger partial charge in [-0.1, -0.05) is 32.6 Å². The number of carboxylic acids is 1. The van der Waals surface area contributed by atoms with E-state index in [2.05, 4.69) is 17.1 Å². The van der Waals surface area contributed by atoms with Crippen LogP contribution in [0.3, 0.4) is 0 Å². The van der Waals surface area contributed by atoms with Crippen LogP contribution in [-0.2, 0) is 9.53 Å². The van der Waals surface area contributed by atoms with Gasteiger partial charge >= 0.3 is 5.97 Å². The van der Waals surface area contributed by atoms with Crippen molar-refractivity contribution in [3.05, 3.63) is 24.3 Å². The first-order valence-electron chi connectivity index (χ1n) is 10.2. The van der Waals surface area contributed by atoms with Crippen molar-refractivity contribution >= 4 is 23.4 Å². The van der Waals surface area contributed by atoms with Gasteiger partial charge in [0, 0.05) is 30.2 Å². The van der Waals surface area contributed by atoms with Crippen molar-refractivity contribution in [3.63, 3.8) is 0 Å². The third-order valence-electron chi connectivity index (χ3n) is 4.81. The molecule has 1 atom stereocenters. The highest BCUT2D eigenvalue weighted by atomic mass is 32.2. The number of ether oxygens (including phenoxy) is 1. The Morgan fingerprint density at radius 1 is 1.19 bits per heavy atom. The highest BCUT2D eigenvalue weighted by molar-refractivity contribution is 8.00. The number of hydrogen-bond acceptors (Lipinski definition) is 5. The zero-order chi connectivity index (χ0) is 19.3. The van der Waals surface area contributed by atoms with E-state index in [0.717, 1.165) is 75.7 Å². The number of thioether (sulfide) groups is 1. The van der Waals surface area contributed by atoms with E-state index in [9.17, 15) is 9.90 Å². The summed E-state index contributed by atoms with van der Waals surface area (Å²) >= 11 is 1.46. The maximum absolute atomic E-state index is 11.5. The molecule has 1 aromatic rings. The molecule has 27 heavy (non-hydrogen) atoms. The second-order valence-corrected chi connectivity index (χ2v) is 8.33. The molecule has 1 fully saturated rings. The molecule has 2 rings (SSSR count). The molecule has 1 saturated heterocycles. The quantitative estimate of drug-likeness (QED) is 0.383.